The molecule has 2 aliphatic rings. The number of guanidine groups is 1. The summed E-state index contributed by atoms with van der Waals surface area (Å²) in [5.41, 5.74) is 0. The van der Waals surface area contributed by atoms with Crippen molar-refractivity contribution in [1.82, 2.24) is 15.1 Å². The minimum absolute atomic E-state index is 0. The van der Waals surface area contributed by atoms with Crippen molar-refractivity contribution in [2.45, 2.75) is 58.7 Å². The molecule has 3 unspecified atom stereocenters. The first-order chi connectivity index (χ1) is 11.9. The zero-order valence-electron chi connectivity index (χ0n) is 16.2. The van der Waals surface area contributed by atoms with E-state index < -0.39 is 12.7 Å². The Bertz CT molecular complexity index is 445. The van der Waals surface area contributed by atoms with E-state index in [4.69, 9.17) is 0 Å². The molecule has 2 rings (SSSR count). The molecular formula is C18H34F3IN4. The van der Waals surface area contributed by atoms with Gasteiger partial charge in [0, 0.05) is 32.2 Å². The highest BCUT2D eigenvalue weighted by Gasteiger charge is 2.38. The van der Waals surface area contributed by atoms with Gasteiger partial charge in [-0.25, -0.2) is 0 Å². The molecule has 0 aromatic rings. The Balaban J connectivity index is 0.00000338. The number of aliphatic imine (C=N–C) groups is 1. The summed E-state index contributed by atoms with van der Waals surface area (Å²) in [6.45, 7) is 8.56. The number of likely N-dealkylation sites (tertiary alicyclic amines) is 1. The van der Waals surface area contributed by atoms with Gasteiger partial charge in [0.2, 0.25) is 0 Å². The Hall–Kier alpha value is -0.250. The van der Waals surface area contributed by atoms with Gasteiger partial charge in [0.05, 0.1) is 6.54 Å². The highest BCUT2D eigenvalue weighted by Crippen LogP contribution is 2.35. The largest absolute Gasteiger partial charge is 0.401 e. The summed E-state index contributed by atoms with van der Waals surface area (Å²) in [5, 5.41) is 3.58. The lowest BCUT2D eigenvalue weighted by molar-refractivity contribution is -0.146. The Morgan fingerprint density at radius 3 is 2.58 bits per heavy atom. The molecule has 1 saturated carbocycles. The molecule has 0 aromatic carbocycles. The fraction of sp³-hybridized carbons (Fsp3) is 0.944. The van der Waals surface area contributed by atoms with E-state index in [-0.39, 0.29) is 29.9 Å². The summed E-state index contributed by atoms with van der Waals surface area (Å²) in [5.74, 6) is 1.98. The molecule has 4 nitrogen and oxygen atoms in total. The van der Waals surface area contributed by atoms with Crippen LogP contribution in [0.3, 0.4) is 0 Å². The van der Waals surface area contributed by atoms with Crippen molar-refractivity contribution in [3.63, 3.8) is 0 Å². The summed E-state index contributed by atoms with van der Waals surface area (Å²) in [7, 11) is 0. The van der Waals surface area contributed by atoms with E-state index in [1.807, 2.05) is 6.92 Å². The minimum Gasteiger partial charge on any atom is -0.353 e. The van der Waals surface area contributed by atoms with E-state index in [0.717, 1.165) is 37.9 Å². The molecule has 1 heterocycles. The molecule has 8 heteroatoms. The quantitative estimate of drug-likeness (QED) is 0.318. The van der Waals surface area contributed by atoms with E-state index >= 15 is 0 Å². The van der Waals surface area contributed by atoms with E-state index in [9.17, 15) is 13.2 Å². The standard InChI is InChI=1S/C18H33F3N4.HI/c1-4-7-15-10-16(15)23-17(22-5-2)25-9-8-14(12-25)11-24(6-3)13-18(19,20)21;/h14-16H,4-13H2,1-3H3,(H,22,23);1H. The number of hydrogen-bond donors (Lipinski definition) is 1. The molecule has 3 atom stereocenters. The van der Waals surface area contributed by atoms with Gasteiger partial charge in [0.15, 0.2) is 5.96 Å². The lowest BCUT2D eigenvalue weighted by Crippen LogP contribution is -2.43. The van der Waals surface area contributed by atoms with Crippen LogP contribution in [0.4, 0.5) is 13.2 Å². The second-order valence-corrected chi connectivity index (χ2v) is 7.38. The van der Waals surface area contributed by atoms with Gasteiger partial charge in [-0.2, -0.15) is 13.2 Å². The summed E-state index contributed by atoms with van der Waals surface area (Å²) in [6.07, 6.45) is 0.485. The maximum absolute atomic E-state index is 12.6. The number of rotatable bonds is 8. The van der Waals surface area contributed by atoms with Gasteiger partial charge in [-0.1, -0.05) is 20.3 Å². The van der Waals surface area contributed by atoms with Gasteiger partial charge < -0.3 is 10.2 Å². The average Bonchev–Trinajstić information content (AvgIpc) is 3.08. The third kappa shape index (κ3) is 7.78. The minimum atomic E-state index is -4.12. The van der Waals surface area contributed by atoms with Crippen molar-refractivity contribution in [2.75, 3.05) is 39.3 Å². The van der Waals surface area contributed by atoms with Gasteiger partial charge in [-0.3, -0.25) is 9.89 Å². The third-order valence-corrected chi connectivity index (χ3v) is 5.16. The predicted molar refractivity (Wildman–Crippen MR) is 111 cm³/mol. The molecule has 0 aromatic heterocycles. The number of hydrogen-bond acceptors (Lipinski definition) is 2. The molecule has 1 aliphatic carbocycles. The van der Waals surface area contributed by atoms with Crippen LogP contribution in [0, 0.1) is 11.8 Å². The van der Waals surface area contributed by atoms with Crippen molar-refractivity contribution < 1.29 is 13.2 Å². The van der Waals surface area contributed by atoms with Crippen molar-refractivity contribution in [3.05, 3.63) is 0 Å². The third-order valence-electron chi connectivity index (χ3n) is 5.16. The average molecular weight is 490 g/mol. The molecule has 0 radical (unpaired) electrons. The second kappa shape index (κ2) is 10.9. The normalized spacial score (nSPS) is 26.2. The fourth-order valence-corrected chi connectivity index (χ4v) is 3.76. The smallest absolute Gasteiger partial charge is 0.353 e. The maximum Gasteiger partial charge on any atom is 0.401 e. The molecule has 26 heavy (non-hydrogen) atoms. The van der Waals surface area contributed by atoms with Crippen LogP contribution < -0.4 is 5.32 Å². The first-order valence-corrected chi connectivity index (χ1v) is 9.71. The summed E-state index contributed by atoms with van der Waals surface area (Å²) in [4.78, 5) is 8.36. The van der Waals surface area contributed by atoms with Crippen LogP contribution in [0.5, 0.6) is 0 Å². The Kier molecular flexibility index (Phi) is 9.99. The van der Waals surface area contributed by atoms with Crippen molar-refractivity contribution in [1.29, 1.82) is 0 Å². The first kappa shape index (κ1) is 23.8. The van der Waals surface area contributed by atoms with Gasteiger partial charge in [-0.05, 0) is 44.6 Å². The van der Waals surface area contributed by atoms with Gasteiger partial charge in [0.1, 0.15) is 0 Å². The second-order valence-electron chi connectivity index (χ2n) is 7.38. The fourth-order valence-electron chi connectivity index (χ4n) is 3.76. The van der Waals surface area contributed by atoms with Crippen molar-refractivity contribution in [3.8, 4) is 0 Å². The van der Waals surface area contributed by atoms with Crippen LogP contribution in [-0.2, 0) is 0 Å². The van der Waals surface area contributed by atoms with Gasteiger partial charge in [-0.15, -0.1) is 24.0 Å². The lowest BCUT2D eigenvalue weighted by Gasteiger charge is -2.26. The highest BCUT2D eigenvalue weighted by molar-refractivity contribution is 14.0. The highest BCUT2D eigenvalue weighted by atomic mass is 127. The molecule has 0 bridgehead atoms. The Morgan fingerprint density at radius 1 is 1.27 bits per heavy atom. The monoisotopic (exact) mass is 490 g/mol. The predicted octanol–water partition coefficient (Wildman–Crippen LogP) is 3.96. The molecule has 1 N–H and O–H groups in total. The number of halogens is 4. The zero-order chi connectivity index (χ0) is 18.4. The van der Waals surface area contributed by atoms with Crippen LogP contribution >= 0.6 is 24.0 Å². The van der Waals surface area contributed by atoms with Crippen molar-refractivity contribution in [2.24, 2.45) is 16.8 Å². The van der Waals surface area contributed by atoms with Gasteiger partial charge in [0.25, 0.3) is 0 Å². The Morgan fingerprint density at radius 2 is 2.00 bits per heavy atom. The van der Waals surface area contributed by atoms with E-state index in [0.29, 0.717) is 19.1 Å². The van der Waals surface area contributed by atoms with Gasteiger partial charge >= 0.3 is 6.18 Å². The molecule has 1 aliphatic heterocycles. The molecular weight excluding hydrogens is 456 g/mol. The molecule has 154 valence electrons. The van der Waals surface area contributed by atoms with Crippen LogP contribution in [0.25, 0.3) is 0 Å². The van der Waals surface area contributed by atoms with E-state index in [1.165, 1.54) is 24.2 Å². The van der Waals surface area contributed by atoms with Crippen LogP contribution in [-0.4, -0.2) is 67.2 Å². The van der Waals surface area contributed by atoms with Crippen molar-refractivity contribution >= 4 is 29.9 Å². The molecule has 2 fully saturated rings. The molecule has 0 spiro atoms. The van der Waals surface area contributed by atoms with Crippen LogP contribution in [0.15, 0.2) is 4.99 Å². The number of nitrogens with zero attached hydrogens (tertiary/aromatic N) is 3. The van der Waals surface area contributed by atoms with Crippen LogP contribution in [0.2, 0.25) is 0 Å². The molecule has 0 amide bonds. The van der Waals surface area contributed by atoms with E-state index in [2.05, 4.69) is 22.1 Å². The summed E-state index contributed by atoms with van der Waals surface area (Å²) < 4.78 is 37.9. The SMILES string of the molecule is CCCC1CC1NC(=NCC)N1CCC(CN(CC)CC(F)(F)F)C1.I. The summed E-state index contributed by atoms with van der Waals surface area (Å²) >= 11 is 0. The first-order valence-electron chi connectivity index (χ1n) is 9.71. The number of alkyl halides is 3. The maximum atomic E-state index is 12.6. The van der Waals surface area contributed by atoms with E-state index in [1.54, 1.807) is 6.92 Å². The molecule has 1 saturated heterocycles. The number of nitrogens with one attached hydrogen (secondary N) is 1. The topological polar surface area (TPSA) is 30.9 Å². The Labute approximate surface area is 173 Å². The zero-order valence-corrected chi connectivity index (χ0v) is 18.5. The van der Waals surface area contributed by atoms with Crippen LogP contribution in [0.1, 0.15) is 46.5 Å². The summed E-state index contributed by atoms with van der Waals surface area (Å²) in [6, 6.07) is 0.529. The lowest BCUT2D eigenvalue weighted by atomic mass is 10.1.